The number of ether oxygens (including phenoxy) is 1. The van der Waals surface area contributed by atoms with E-state index < -0.39 is 0 Å². The zero-order chi connectivity index (χ0) is 16.3. The maximum atomic E-state index is 12.5. The highest BCUT2D eigenvalue weighted by Gasteiger charge is 2.32. The minimum atomic E-state index is -0.131. The second-order valence-corrected chi connectivity index (χ2v) is 6.21. The van der Waals surface area contributed by atoms with Crippen molar-refractivity contribution in [3.63, 3.8) is 0 Å². The lowest BCUT2D eigenvalue weighted by molar-refractivity contribution is 0.0511. The molecule has 7 nitrogen and oxygen atoms in total. The molecule has 3 heterocycles. The number of hydrogen-bond acceptors (Lipinski definition) is 6. The molecule has 3 rings (SSSR count). The number of piperidine rings is 1. The van der Waals surface area contributed by atoms with Crippen molar-refractivity contribution in [2.75, 3.05) is 33.4 Å². The van der Waals surface area contributed by atoms with Crippen LogP contribution in [0.5, 0.6) is 0 Å². The van der Waals surface area contributed by atoms with Gasteiger partial charge in [0.1, 0.15) is 0 Å². The maximum Gasteiger partial charge on any atom is 0.257 e. The van der Waals surface area contributed by atoms with Crippen LogP contribution in [0.3, 0.4) is 0 Å². The summed E-state index contributed by atoms with van der Waals surface area (Å²) < 4.78 is 10.4. The van der Waals surface area contributed by atoms with Gasteiger partial charge in [0.25, 0.3) is 11.6 Å². The zero-order valence-corrected chi connectivity index (χ0v) is 14.7. The lowest BCUT2D eigenvalue weighted by atomic mass is 9.79. The van der Waals surface area contributed by atoms with E-state index in [1.165, 1.54) is 6.20 Å². The Labute approximate surface area is 146 Å². The van der Waals surface area contributed by atoms with Gasteiger partial charge in [-0.25, -0.2) is 4.98 Å². The van der Waals surface area contributed by atoms with Crippen molar-refractivity contribution in [3.05, 3.63) is 23.5 Å². The highest BCUT2D eigenvalue weighted by molar-refractivity contribution is 5.96. The van der Waals surface area contributed by atoms with E-state index in [1.807, 2.05) is 6.92 Å². The fourth-order valence-electron chi connectivity index (χ4n) is 3.07. The van der Waals surface area contributed by atoms with Crippen molar-refractivity contribution < 1.29 is 14.1 Å². The average Bonchev–Trinajstić information content (AvgIpc) is 2.95. The second-order valence-electron chi connectivity index (χ2n) is 6.21. The number of amides is 1. The third-order valence-electron chi connectivity index (χ3n) is 4.51. The fraction of sp³-hybridized carbons (Fsp3) is 0.562. The Morgan fingerprint density at radius 2 is 2.21 bits per heavy atom. The molecule has 0 spiro atoms. The van der Waals surface area contributed by atoms with Crippen LogP contribution in [0.25, 0.3) is 11.1 Å². The molecule has 0 atom stereocenters. The molecule has 1 aliphatic rings. The van der Waals surface area contributed by atoms with Crippen molar-refractivity contribution in [3.8, 4) is 0 Å². The molecule has 0 aromatic carbocycles. The smallest absolute Gasteiger partial charge is 0.257 e. The van der Waals surface area contributed by atoms with E-state index in [4.69, 9.17) is 9.26 Å². The number of methoxy groups -OCH3 is 1. The number of rotatable bonds is 5. The van der Waals surface area contributed by atoms with Crippen LogP contribution >= 0.6 is 12.4 Å². The summed E-state index contributed by atoms with van der Waals surface area (Å²) in [6.45, 7) is 4.98. The molecule has 0 aliphatic carbocycles. The number of carbonyl (C=O) groups excluding carboxylic acids is 1. The van der Waals surface area contributed by atoms with E-state index in [1.54, 1.807) is 13.2 Å². The Morgan fingerprint density at radius 1 is 1.46 bits per heavy atom. The summed E-state index contributed by atoms with van der Waals surface area (Å²) in [5, 5.41) is 11.0. The van der Waals surface area contributed by atoms with Crippen LogP contribution in [0.4, 0.5) is 0 Å². The quantitative estimate of drug-likeness (QED) is 0.849. The van der Waals surface area contributed by atoms with E-state index in [9.17, 15) is 4.79 Å². The van der Waals surface area contributed by atoms with Crippen molar-refractivity contribution in [1.29, 1.82) is 0 Å². The molecule has 1 saturated heterocycles. The second kappa shape index (κ2) is 7.92. The van der Waals surface area contributed by atoms with E-state index in [2.05, 4.69) is 20.8 Å². The molecule has 0 unspecified atom stereocenters. The Morgan fingerprint density at radius 3 is 2.92 bits per heavy atom. The average molecular weight is 355 g/mol. The normalized spacial score (nSPS) is 16.6. The first kappa shape index (κ1) is 18.6. The van der Waals surface area contributed by atoms with Gasteiger partial charge in [0.15, 0.2) is 0 Å². The van der Waals surface area contributed by atoms with Gasteiger partial charge in [-0.3, -0.25) is 4.79 Å². The van der Waals surface area contributed by atoms with Gasteiger partial charge < -0.3 is 19.9 Å². The van der Waals surface area contributed by atoms with Crippen LogP contribution in [0.15, 0.2) is 16.8 Å². The van der Waals surface area contributed by atoms with Gasteiger partial charge >= 0.3 is 0 Å². The Bertz CT molecular complexity index is 692. The summed E-state index contributed by atoms with van der Waals surface area (Å²) in [5.74, 6) is -0.131. The van der Waals surface area contributed by atoms with Crippen LogP contribution in [0.1, 0.15) is 28.9 Å². The molecule has 1 fully saturated rings. The van der Waals surface area contributed by atoms with Gasteiger partial charge in [-0.15, -0.1) is 12.4 Å². The van der Waals surface area contributed by atoms with E-state index >= 15 is 0 Å². The number of aryl methyl sites for hydroxylation is 1. The van der Waals surface area contributed by atoms with Gasteiger partial charge in [-0.05, 0) is 38.9 Å². The van der Waals surface area contributed by atoms with Crippen molar-refractivity contribution in [2.24, 2.45) is 5.41 Å². The molecule has 1 amide bonds. The molecule has 2 aromatic rings. The van der Waals surface area contributed by atoms with Crippen LogP contribution in [-0.2, 0) is 4.74 Å². The van der Waals surface area contributed by atoms with Crippen molar-refractivity contribution in [1.82, 2.24) is 20.8 Å². The predicted octanol–water partition coefficient (Wildman–Crippen LogP) is 1.70. The Hall–Kier alpha value is -1.70. The third-order valence-corrected chi connectivity index (χ3v) is 4.51. The van der Waals surface area contributed by atoms with Gasteiger partial charge in [0.2, 0.25) is 0 Å². The minimum Gasteiger partial charge on any atom is -0.384 e. The summed E-state index contributed by atoms with van der Waals surface area (Å²) in [6.07, 6.45) is 3.50. The molecule has 0 bridgehead atoms. The van der Waals surface area contributed by atoms with Crippen LogP contribution in [0, 0.1) is 12.3 Å². The standard InChI is InChI=1S/C16H22N4O3.ClH/c1-11-13-7-12(8-18-15(13)23-20-11)14(21)19-9-16(10-22-2)3-5-17-6-4-16;/h7-8,17H,3-6,9-10H2,1-2H3,(H,19,21);1H. The summed E-state index contributed by atoms with van der Waals surface area (Å²) in [4.78, 5) is 16.6. The molecule has 8 heteroatoms. The lowest BCUT2D eigenvalue weighted by Gasteiger charge is -2.37. The van der Waals surface area contributed by atoms with Gasteiger partial charge in [0, 0.05) is 25.3 Å². The number of aromatic nitrogens is 2. The van der Waals surface area contributed by atoms with E-state index in [0.717, 1.165) is 37.0 Å². The number of halogens is 1. The number of nitrogens with zero attached hydrogens (tertiary/aromatic N) is 2. The molecule has 0 radical (unpaired) electrons. The van der Waals surface area contributed by atoms with E-state index in [0.29, 0.717) is 24.4 Å². The number of hydrogen-bond donors (Lipinski definition) is 2. The molecule has 2 aromatic heterocycles. The zero-order valence-electron chi connectivity index (χ0n) is 13.9. The van der Waals surface area contributed by atoms with Gasteiger partial charge in [0.05, 0.1) is 23.3 Å². The number of nitrogens with one attached hydrogen (secondary N) is 2. The molecule has 1 aliphatic heterocycles. The van der Waals surface area contributed by atoms with Crippen LogP contribution < -0.4 is 10.6 Å². The largest absolute Gasteiger partial charge is 0.384 e. The summed E-state index contributed by atoms with van der Waals surface area (Å²) in [7, 11) is 1.71. The first-order valence-electron chi connectivity index (χ1n) is 7.83. The summed E-state index contributed by atoms with van der Waals surface area (Å²) >= 11 is 0. The third kappa shape index (κ3) is 3.85. The number of pyridine rings is 1. The molecular formula is C16H23ClN4O3. The van der Waals surface area contributed by atoms with Crippen LogP contribution in [0.2, 0.25) is 0 Å². The fourth-order valence-corrected chi connectivity index (χ4v) is 3.07. The maximum absolute atomic E-state index is 12.5. The summed E-state index contributed by atoms with van der Waals surface area (Å²) in [6, 6.07) is 1.77. The van der Waals surface area contributed by atoms with Gasteiger partial charge in [-0.1, -0.05) is 5.16 Å². The van der Waals surface area contributed by atoms with E-state index in [-0.39, 0.29) is 23.7 Å². The number of carbonyl (C=O) groups is 1. The topological polar surface area (TPSA) is 89.3 Å². The molecule has 2 N–H and O–H groups in total. The molecular weight excluding hydrogens is 332 g/mol. The monoisotopic (exact) mass is 354 g/mol. The molecule has 132 valence electrons. The highest BCUT2D eigenvalue weighted by Crippen LogP contribution is 2.28. The Kier molecular flexibility index (Phi) is 6.15. The molecule has 0 saturated carbocycles. The van der Waals surface area contributed by atoms with Gasteiger partial charge in [-0.2, -0.15) is 0 Å². The van der Waals surface area contributed by atoms with Crippen molar-refractivity contribution >= 4 is 29.4 Å². The first-order chi connectivity index (χ1) is 11.1. The number of fused-ring (bicyclic) bond motifs is 1. The predicted molar refractivity (Wildman–Crippen MR) is 92.5 cm³/mol. The SMILES string of the molecule is COCC1(CNC(=O)c2cnc3onc(C)c3c2)CCNCC1.Cl. The first-order valence-corrected chi connectivity index (χ1v) is 7.83. The van der Waals surface area contributed by atoms with Crippen molar-refractivity contribution in [2.45, 2.75) is 19.8 Å². The highest BCUT2D eigenvalue weighted by atomic mass is 35.5. The summed E-state index contributed by atoms with van der Waals surface area (Å²) in [5.41, 5.74) is 1.70. The minimum absolute atomic E-state index is 0. The molecule has 24 heavy (non-hydrogen) atoms. The lowest BCUT2D eigenvalue weighted by Crippen LogP contribution is -2.47. The Balaban J connectivity index is 0.00000208. The van der Waals surface area contributed by atoms with Crippen LogP contribution in [-0.4, -0.2) is 49.4 Å².